The fourth-order valence-electron chi connectivity index (χ4n) is 2.20. The summed E-state index contributed by atoms with van der Waals surface area (Å²) in [6, 6.07) is 6.40. The fourth-order valence-corrected chi connectivity index (χ4v) is 2.20. The first-order chi connectivity index (χ1) is 7.70. The zero-order chi connectivity index (χ0) is 11.5. The van der Waals surface area contributed by atoms with Gasteiger partial charge >= 0.3 is 0 Å². The van der Waals surface area contributed by atoms with Crippen molar-refractivity contribution in [1.29, 1.82) is 0 Å². The van der Waals surface area contributed by atoms with E-state index in [4.69, 9.17) is 15.2 Å². The fraction of sp³-hybridized carbons (Fsp3) is 0.538. The Balaban J connectivity index is 2.07. The molecule has 1 aliphatic rings. The van der Waals surface area contributed by atoms with Gasteiger partial charge in [0.1, 0.15) is 11.9 Å². The van der Waals surface area contributed by atoms with Crippen LogP contribution in [0.4, 0.5) is 0 Å². The molecular formula is C13H19NO2. The zero-order valence-electron chi connectivity index (χ0n) is 9.90. The van der Waals surface area contributed by atoms with Crippen molar-refractivity contribution in [3.8, 4) is 5.75 Å². The topological polar surface area (TPSA) is 44.5 Å². The molecular weight excluding hydrogens is 202 g/mol. The van der Waals surface area contributed by atoms with Gasteiger partial charge in [-0.15, -0.1) is 0 Å². The van der Waals surface area contributed by atoms with E-state index < -0.39 is 0 Å². The van der Waals surface area contributed by atoms with Gasteiger partial charge in [-0.05, 0) is 43.0 Å². The second-order valence-corrected chi connectivity index (χ2v) is 4.39. The number of hydrogen-bond donors (Lipinski definition) is 1. The van der Waals surface area contributed by atoms with Crippen LogP contribution in [-0.4, -0.2) is 19.8 Å². The summed E-state index contributed by atoms with van der Waals surface area (Å²) in [5, 5.41) is 0. The van der Waals surface area contributed by atoms with Crippen LogP contribution in [0.2, 0.25) is 0 Å². The molecule has 0 heterocycles. The van der Waals surface area contributed by atoms with E-state index in [1.54, 1.807) is 7.11 Å². The van der Waals surface area contributed by atoms with Crippen molar-refractivity contribution >= 4 is 0 Å². The molecule has 3 nitrogen and oxygen atoms in total. The third-order valence-electron chi connectivity index (χ3n) is 2.98. The van der Waals surface area contributed by atoms with E-state index in [2.05, 4.69) is 12.1 Å². The van der Waals surface area contributed by atoms with Crippen LogP contribution in [-0.2, 0) is 11.2 Å². The monoisotopic (exact) mass is 221 g/mol. The summed E-state index contributed by atoms with van der Waals surface area (Å²) >= 11 is 0. The minimum Gasteiger partial charge on any atom is -0.488 e. The van der Waals surface area contributed by atoms with Crippen molar-refractivity contribution in [3.05, 3.63) is 29.3 Å². The molecule has 0 radical (unpaired) electrons. The molecule has 0 bridgehead atoms. The van der Waals surface area contributed by atoms with E-state index in [-0.39, 0.29) is 12.1 Å². The molecule has 0 aromatic heterocycles. The van der Waals surface area contributed by atoms with Crippen LogP contribution in [0.5, 0.6) is 5.75 Å². The second-order valence-electron chi connectivity index (χ2n) is 4.39. The Morgan fingerprint density at radius 2 is 2.31 bits per heavy atom. The van der Waals surface area contributed by atoms with Crippen molar-refractivity contribution in [3.63, 3.8) is 0 Å². The van der Waals surface area contributed by atoms with Gasteiger partial charge < -0.3 is 15.2 Å². The lowest BCUT2D eigenvalue weighted by Crippen LogP contribution is -2.18. The highest BCUT2D eigenvalue weighted by Crippen LogP contribution is 2.32. The Kier molecular flexibility index (Phi) is 3.46. The predicted octanol–water partition coefficient (Wildman–Crippen LogP) is 2.05. The van der Waals surface area contributed by atoms with Crippen molar-refractivity contribution in [2.45, 2.75) is 31.9 Å². The van der Waals surface area contributed by atoms with Gasteiger partial charge in [-0.2, -0.15) is 0 Å². The van der Waals surface area contributed by atoms with E-state index in [1.807, 2.05) is 13.0 Å². The number of fused-ring (bicyclic) bond motifs is 1. The zero-order valence-corrected chi connectivity index (χ0v) is 9.90. The summed E-state index contributed by atoms with van der Waals surface area (Å²) in [6.45, 7) is 2.61. The van der Waals surface area contributed by atoms with E-state index in [9.17, 15) is 0 Å². The molecule has 0 amide bonds. The van der Waals surface area contributed by atoms with E-state index in [1.165, 1.54) is 11.1 Å². The van der Waals surface area contributed by atoms with Crippen LogP contribution in [0.15, 0.2) is 18.2 Å². The van der Waals surface area contributed by atoms with Gasteiger partial charge in [-0.1, -0.05) is 6.07 Å². The first kappa shape index (κ1) is 11.4. The summed E-state index contributed by atoms with van der Waals surface area (Å²) in [4.78, 5) is 0. The molecule has 0 fully saturated rings. The number of nitrogens with two attached hydrogens (primary N) is 1. The third kappa shape index (κ3) is 2.36. The lowest BCUT2D eigenvalue weighted by atomic mass is 10.1. The van der Waals surface area contributed by atoms with Crippen LogP contribution < -0.4 is 10.5 Å². The molecule has 16 heavy (non-hydrogen) atoms. The summed E-state index contributed by atoms with van der Waals surface area (Å²) < 4.78 is 10.8. The first-order valence-corrected chi connectivity index (χ1v) is 5.74. The van der Waals surface area contributed by atoms with Gasteiger partial charge in [0.05, 0.1) is 6.61 Å². The van der Waals surface area contributed by atoms with Crippen molar-refractivity contribution < 1.29 is 9.47 Å². The summed E-state index contributed by atoms with van der Waals surface area (Å²) in [7, 11) is 1.68. The van der Waals surface area contributed by atoms with E-state index in [0.29, 0.717) is 6.61 Å². The lowest BCUT2D eigenvalue weighted by molar-refractivity contribution is 0.0920. The van der Waals surface area contributed by atoms with Crippen molar-refractivity contribution in [2.24, 2.45) is 5.73 Å². The van der Waals surface area contributed by atoms with Crippen molar-refractivity contribution in [1.82, 2.24) is 0 Å². The van der Waals surface area contributed by atoms with Gasteiger partial charge in [0.25, 0.3) is 0 Å². The van der Waals surface area contributed by atoms with Crippen LogP contribution in [0.1, 0.15) is 30.5 Å². The molecule has 2 N–H and O–H groups in total. The molecule has 88 valence electrons. The largest absolute Gasteiger partial charge is 0.488 e. The number of methoxy groups -OCH3 is 1. The van der Waals surface area contributed by atoms with E-state index >= 15 is 0 Å². The standard InChI is InChI=1S/C13H19NO2/c1-9(8-15-2)16-11-4-5-12-10(7-11)3-6-13(12)14/h4-5,7,9,13H,3,6,8,14H2,1-2H3/t9?,13-/m1/s1. The van der Waals surface area contributed by atoms with Gasteiger partial charge in [-0.25, -0.2) is 0 Å². The molecule has 2 rings (SSSR count). The number of rotatable bonds is 4. The van der Waals surface area contributed by atoms with Crippen LogP contribution in [0.25, 0.3) is 0 Å². The molecule has 1 aromatic rings. The molecule has 0 saturated carbocycles. The first-order valence-electron chi connectivity index (χ1n) is 5.74. The Morgan fingerprint density at radius 3 is 3.06 bits per heavy atom. The SMILES string of the molecule is COCC(C)Oc1ccc2c(c1)CC[C@H]2N. The van der Waals surface area contributed by atoms with Gasteiger partial charge in [-0.3, -0.25) is 0 Å². The number of hydrogen-bond acceptors (Lipinski definition) is 3. The molecule has 0 spiro atoms. The highest BCUT2D eigenvalue weighted by molar-refractivity contribution is 5.40. The summed E-state index contributed by atoms with van der Waals surface area (Å²) in [5.74, 6) is 0.914. The molecule has 1 unspecified atom stereocenters. The smallest absolute Gasteiger partial charge is 0.120 e. The van der Waals surface area contributed by atoms with E-state index in [0.717, 1.165) is 18.6 Å². The molecule has 2 atom stereocenters. The normalized spacial score (nSPS) is 20.6. The quantitative estimate of drug-likeness (QED) is 0.846. The Hall–Kier alpha value is -1.06. The highest BCUT2D eigenvalue weighted by atomic mass is 16.5. The predicted molar refractivity (Wildman–Crippen MR) is 63.7 cm³/mol. The molecule has 0 aliphatic heterocycles. The van der Waals surface area contributed by atoms with Gasteiger partial charge in [0.15, 0.2) is 0 Å². The van der Waals surface area contributed by atoms with Crippen LogP contribution in [0.3, 0.4) is 0 Å². The average molecular weight is 221 g/mol. The van der Waals surface area contributed by atoms with Gasteiger partial charge in [0.2, 0.25) is 0 Å². The Labute approximate surface area is 96.5 Å². The van der Waals surface area contributed by atoms with Gasteiger partial charge in [0, 0.05) is 13.2 Å². The third-order valence-corrected chi connectivity index (χ3v) is 2.98. The van der Waals surface area contributed by atoms with Crippen LogP contribution in [0, 0.1) is 0 Å². The Morgan fingerprint density at radius 1 is 1.50 bits per heavy atom. The second kappa shape index (κ2) is 4.85. The summed E-state index contributed by atoms with van der Waals surface area (Å²) in [5.41, 5.74) is 8.58. The number of benzene rings is 1. The molecule has 1 aliphatic carbocycles. The van der Waals surface area contributed by atoms with Crippen molar-refractivity contribution in [2.75, 3.05) is 13.7 Å². The minimum atomic E-state index is 0.0816. The maximum absolute atomic E-state index is 5.98. The van der Waals surface area contributed by atoms with Crippen LogP contribution >= 0.6 is 0 Å². The highest BCUT2D eigenvalue weighted by Gasteiger charge is 2.19. The molecule has 3 heteroatoms. The minimum absolute atomic E-state index is 0.0816. The lowest BCUT2D eigenvalue weighted by Gasteiger charge is -2.14. The Bertz CT molecular complexity index is 365. The maximum Gasteiger partial charge on any atom is 0.120 e. The number of ether oxygens (including phenoxy) is 2. The summed E-state index contributed by atoms with van der Waals surface area (Å²) in [6.07, 6.45) is 2.19. The molecule has 0 saturated heterocycles. The number of aryl methyl sites for hydroxylation is 1. The maximum atomic E-state index is 5.98. The molecule has 1 aromatic carbocycles. The average Bonchev–Trinajstić information content (AvgIpc) is 2.60.